The Morgan fingerprint density at radius 3 is 2.79 bits per heavy atom. The lowest BCUT2D eigenvalue weighted by Gasteiger charge is -2.36. The summed E-state index contributed by atoms with van der Waals surface area (Å²) in [5, 5.41) is 7.86. The largest absolute Gasteiger partial charge is 0.317 e. The molecule has 0 saturated heterocycles. The van der Waals surface area contributed by atoms with Crippen molar-refractivity contribution in [2.45, 2.75) is 46.0 Å². The van der Waals surface area contributed by atoms with Crippen molar-refractivity contribution in [3.05, 3.63) is 18.0 Å². The van der Waals surface area contributed by atoms with Gasteiger partial charge in [-0.3, -0.25) is 4.68 Å². The molecule has 1 fully saturated rings. The van der Waals surface area contributed by atoms with Gasteiger partial charge in [0.15, 0.2) is 0 Å². The van der Waals surface area contributed by atoms with Crippen molar-refractivity contribution in [1.82, 2.24) is 15.1 Å². The van der Waals surface area contributed by atoms with Gasteiger partial charge in [-0.25, -0.2) is 0 Å². The second-order valence-electron chi connectivity index (χ2n) is 6.14. The number of hydrogen-bond donors (Lipinski definition) is 1. The van der Waals surface area contributed by atoms with E-state index in [1.165, 1.54) is 44.2 Å². The Balaban J connectivity index is 1.97. The van der Waals surface area contributed by atoms with Gasteiger partial charge in [-0.05, 0) is 55.7 Å². The third-order valence-electron chi connectivity index (χ3n) is 4.74. The van der Waals surface area contributed by atoms with Crippen LogP contribution in [0, 0.1) is 17.8 Å². The Hall–Kier alpha value is -0.830. The molecule has 1 N–H and O–H groups in total. The summed E-state index contributed by atoms with van der Waals surface area (Å²) >= 11 is 0. The number of nitrogens with one attached hydrogen (secondary N) is 1. The van der Waals surface area contributed by atoms with E-state index in [0.717, 1.165) is 24.3 Å². The fourth-order valence-corrected chi connectivity index (χ4v) is 3.52. The first-order valence-electron chi connectivity index (χ1n) is 7.91. The van der Waals surface area contributed by atoms with Gasteiger partial charge >= 0.3 is 0 Å². The van der Waals surface area contributed by atoms with E-state index in [-0.39, 0.29) is 0 Å². The molecule has 3 unspecified atom stereocenters. The van der Waals surface area contributed by atoms with Crippen molar-refractivity contribution in [1.29, 1.82) is 0 Å². The summed E-state index contributed by atoms with van der Waals surface area (Å²) in [6.45, 7) is 6.83. The van der Waals surface area contributed by atoms with Crippen LogP contribution in [0.1, 0.15) is 45.1 Å². The minimum absolute atomic E-state index is 0.835. The Kier molecular flexibility index (Phi) is 5.44. The summed E-state index contributed by atoms with van der Waals surface area (Å²) in [4.78, 5) is 0. The summed E-state index contributed by atoms with van der Waals surface area (Å²) in [6.07, 6.45) is 11.0. The minimum Gasteiger partial charge on any atom is -0.317 e. The first-order valence-corrected chi connectivity index (χ1v) is 7.91. The molecule has 0 amide bonds. The Morgan fingerprint density at radius 2 is 2.16 bits per heavy atom. The highest BCUT2D eigenvalue weighted by Gasteiger charge is 2.29. The summed E-state index contributed by atoms with van der Waals surface area (Å²) in [7, 11) is 2.01. The SMILES string of the molecule is CCNCC1CCC(CC)CC1Cc1cnn(C)c1. The van der Waals surface area contributed by atoms with Crippen molar-refractivity contribution in [2.24, 2.45) is 24.8 Å². The molecule has 19 heavy (non-hydrogen) atoms. The predicted octanol–water partition coefficient (Wildman–Crippen LogP) is 3.01. The molecule has 0 spiro atoms. The van der Waals surface area contributed by atoms with Crippen LogP contribution in [-0.2, 0) is 13.5 Å². The molecule has 0 aromatic carbocycles. The van der Waals surface area contributed by atoms with Crippen LogP contribution in [0.25, 0.3) is 0 Å². The summed E-state index contributed by atoms with van der Waals surface area (Å²) in [6, 6.07) is 0. The highest BCUT2D eigenvalue weighted by molar-refractivity contribution is 5.06. The van der Waals surface area contributed by atoms with Crippen molar-refractivity contribution in [3.63, 3.8) is 0 Å². The highest BCUT2D eigenvalue weighted by Crippen LogP contribution is 2.37. The molecule has 1 aliphatic rings. The first-order chi connectivity index (χ1) is 9.22. The van der Waals surface area contributed by atoms with Crippen LogP contribution >= 0.6 is 0 Å². The molecule has 0 radical (unpaired) electrons. The molecule has 108 valence electrons. The Bertz CT molecular complexity index is 372. The number of aryl methyl sites for hydroxylation is 1. The van der Waals surface area contributed by atoms with E-state index in [9.17, 15) is 0 Å². The average molecular weight is 263 g/mol. The smallest absolute Gasteiger partial charge is 0.0521 e. The maximum atomic E-state index is 4.31. The zero-order chi connectivity index (χ0) is 13.7. The van der Waals surface area contributed by atoms with Gasteiger partial charge < -0.3 is 5.32 Å². The van der Waals surface area contributed by atoms with Gasteiger partial charge in [0, 0.05) is 13.2 Å². The van der Waals surface area contributed by atoms with E-state index in [4.69, 9.17) is 0 Å². The van der Waals surface area contributed by atoms with Crippen molar-refractivity contribution in [3.8, 4) is 0 Å². The summed E-state index contributed by atoms with van der Waals surface area (Å²) in [5.41, 5.74) is 1.41. The maximum absolute atomic E-state index is 4.31. The van der Waals surface area contributed by atoms with Crippen LogP contribution in [0.5, 0.6) is 0 Å². The Morgan fingerprint density at radius 1 is 1.32 bits per heavy atom. The zero-order valence-corrected chi connectivity index (χ0v) is 12.7. The van der Waals surface area contributed by atoms with E-state index in [1.807, 2.05) is 17.9 Å². The molecule has 1 heterocycles. The molecule has 0 aliphatic heterocycles. The second kappa shape index (κ2) is 7.09. The lowest BCUT2D eigenvalue weighted by Crippen LogP contribution is -2.34. The van der Waals surface area contributed by atoms with E-state index < -0.39 is 0 Å². The average Bonchev–Trinajstić information content (AvgIpc) is 2.82. The van der Waals surface area contributed by atoms with Gasteiger partial charge in [0.25, 0.3) is 0 Å². The zero-order valence-electron chi connectivity index (χ0n) is 12.7. The predicted molar refractivity (Wildman–Crippen MR) is 80.1 cm³/mol. The molecule has 1 aliphatic carbocycles. The number of nitrogens with zero attached hydrogens (tertiary/aromatic N) is 2. The summed E-state index contributed by atoms with van der Waals surface area (Å²) < 4.78 is 1.93. The molecule has 3 heteroatoms. The first kappa shape index (κ1) is 14.6. The van der Waals surface area contributed by atoms with E-state index in [0.29, 0.717) is 0 Å². The topological polar surface area (TPSA) is 29.9 Å². The molecule has 0 bridgehead atoms. The minimum atomic E-state index is 0.835. The molecular weight excluding hydrogens is 234 g/mol. The third kappa shape index (κ3) is 4.07. The van der Waals surface area contributed by atoms with E-state index >= 15 is 0 Å². The fraction of sp³-hybridized carbons (Fsp3) is 0.812. The quantitative estimate of drug-likeness (QED) is 0.855. The van der Waals surface area contributed by atoms with Crippen LogP contribution in [-0.4, -0.2) is 22.9 Å². The molecule has 1 aromatic rings. The molecule has 1 aromatic heterocycles. The molecule has 1 saturated carbocycles. The van der Waals surface area contributed by atoms with Gasteiger partial charge in [0.05, 0.1) is 6.20 Å². The number of rotatable bonds is 6. The molecule has 3 atom stereocenters. The monoisotopic (exact) mass is 263 g/mol. The van der Waals surface area contributed by atoms with Crippen LogP contribution in [0.4, 0.5) is 0 Å². The molecule has 3 nitrogen and oxygen atoms in total. The van der Waals surface area contributed by atoms with Gasteiger partial charge in [0.1, 0.15) is 0 Å². The van der Waals surface area contributed by atoms with Gasteiger partial charge in [-0.1, -0.05) is 26.7 Å². The lowest BCUT2D eigenvalue weighted by atomic mass is 9.71. The normalized spacial score (nSPS) is 27.6. The van der Waals surface area contributed by atoms with Gasteiger partial charge in [-0.15, -0.1) is 0 Å². The maximum Gasteiger partial charge on any atom is 0.0521 e. The molecular formula is C16H29N3. The van der Waals surface area contributed by atoms with E-state index in [2.05, 4.69) is 30.5 Å². The van der Waals surface area contributed by atoms with Gasteiger partial charge in [-0.2, -0.15) is 5.10 Å². The second-order valence-corrected chi connectivity index (χ2v) is 6.14. The van der Waals surface area contributed by atoms with Crippen molar-refractivity contribution < 1.29 is 0 Å². The van der Waals surface area contributed by atoms with Crippen LogP contribution in [0.2, 0.25) is 0 Å². The van der Waals surface area contributed by atoms with Crippen LogP contribution in [0.15, 0.2) is 12.4 Å². The van der Waals surface area contributed by atoms with Crippen molar-refractivity contribution >= 4 is 0 Å². The van der Waals surface area contributed by atoms with E-state index in [1.54, 1.807) is 0 Å². The third-order valence-corrected chi connectivity index (χ3v) is 4.74. The highest BCUT2D eigenvalue weighted by atomic mass is 15.2. The number of aromatic nitrogens is 2. The van der Waals surface area contributed by atoms with Crippen LogP contribution in [0.3, 0.4) is 0 Å². The lowest BCUT2D eigenvalue weighted by molar-refractivity contribution is 0.172. The summed E-state index contributed by atoms with van der Waals surface area (Å²) in [5.74, 6) is 2.63. The fourth-order valence-electron chi connectivity index (χ4n) is 3.52. The van der Waals surface area contributed by atoms with Crippen LogP contribution < -0.4 is 5.32 Å². The van der Waals surface area contributed by atoms with Gasteiger partial charge in [0.2, 0.25) is 0 Å². The standard InChI is InChI=1S/C16H29N3/c1-4-13-6-7-15(11-17-5-2)16(8-13)9-14-10-18-19(3)12-14/h10,12-13,15-17H,4-9,11H2,1-3H3. The van der Waals surface area contributed by atoms with Crippen molar-refractivity contribution in [2.75, 3.05) is 13.1 Å². The molecule has 2 rings (SSSR count). The Labute approximate surface area is 117 Å². The number of hydrogen-bond acceptors (Lipinski definition) is 2.